The summed E-state index contributed by atoms with van der Waals surface area (Å²) in [6, 6.07) is 0. The van der Waals surface area contributed by atoms with E-state index in [1.54, 1.807) is 13.4 Å². The van der Waals surface area contributed by atoms with Crippen molar-refractivity contribution in [2.45, 2.75) is 58.7 Å². The lowest BCUT2D eigenvalue weighted by atomic mass is 10.3. The maximum Gasteiger partial charge on any atom is 0.187 e. The number of allylic oxidation sites excluding steroid dienone is 1. The van der Waals surface area contributed by atoms with Gasteiger partial charge in [0.1, 0.15) is 0 Å². The Hall–Kier alpha value is -0.580. The molecule has 0 N–H and O–H groups in total. The van der Waals surface area contributed by atoms with E-state index in [9.17, 15) is 0 Å². The molecule has 0 saturated carbocycles. The number of ether oxygens (including phenoxy) is 4. The smallest absolute Gasteiger partial charge is 0.187 e. The number of rotatable bonds is 14. The molecular formula is C15H30O4. The molecule has 0 bridgehead atoms. The van der Waals surface area contributed by atoms with Gasteiger partial charge in [0.25, 0.3) is 0 Å². The Morgan fingerprint density at radius 3 is 2.16 bits per heavy atom. The summed E-state index contributed by atoms with van der Waals surface area (Å²) in [4.78, 5) is 0. The molecule has 0 aliphatic heterocycles. The van der Waals surface area contributed by atoms with Gasteiger partial charge in [-0.25, -0.2) is 0 Å². The van der Waals surface area contributed by atoms with Crippen molar-refractivity contribution < 1.29 is 18.9 Å². The average Bonchev–Trinajstić information content (AvgIpc) is 2.42. The molecule has 0 rings (SSSR count). The van der Waals surface area contributed by atoms with Crippen LogP contribution in [0.25, 0.3) is 0 Å². The van der Waals surface area contributed by atoms with Crippen LogP contribution in [0.1, 0.15) is 52.4 Å². The number of hydrogen-bond acceptors (Lipinski definition) is 4. The fourth-order valence-electron chi connectivity index (χ4n) is 1.41. The first-order valence-electron chi connectivity index (χ1n) is 7.33. The molecule has 0 unspecified atom stereocenters. The molecule has 0 aliphatic rings. The zero-order valence-electron chi connectivity index (χ0n) is 12.7. The Morgan fingerprint density at radius 2 is 1.63 bits per heavy atom. The summed E-state index contributed by atoms with van der Waals surface area (Å²) >= 11 is 0. The highest BCUT2D eigenvalue weighted by Gasteiger charge is 2.07. The van der Waals surface area contributed by atoms with Crippen molar-refractivity contribution in [3.8, 4) is 0 Å². The minimum Gasteiger partial charge on any atom is -0.476 e. The predicted molar refractivity (Wildman–Crippen MR) is 76.8 cm³/mol. The van der Waals surface area contributed by atoms with E-state index in [0.717, 1.165) is 51.7 Å². The minimum atomic E-state index is -0.0924. The maximum atomic E-state index is 5.74. The molecule has 0 aromatic heterocycles. The normalized spacial score (nSPS) is 11.6. The second-order valence-electron chi connectivity index (χ2n) is 4.40. The minimum absolute atomic E-state index is 0.0924. The predicted octanol–water partition coefficient (Wildman–Crippen LogP) is 3.86. The highest BCUT2D eigenvalue weighted by atomic mass is 16.7. The molecule has 0 fully saturated rings. The quantitative estimate of drug-likeness (QED) is 0.274. The molecule has 0 aromatic carbocycles. The van der Waals surface area contributed by atoms with Crippen LogP contribution in [0.2, 0.25) is 0 Å². The number of unbranched alkanes of at least 4 members (excludes halogenated alkanes) is 2. The Morgan fingerprint density at radius 1 is 1.00 bits per heavy atom. The van der Waals surface area contributed by atoms with Gasteiger partial charge in [0.15, 0.2) is 13.1 Å². The summed E-state index contributed by atoms with van der Waals surface area (Å²) in [5, 5.41) is 0. The van der Waals surface area contributed by atoms with Gasteiger partial charge in [-0.15, -0.1) is 0 Å². The zero-order chi connectivity index (χ0) is 14.2. The third-order valence-corrected chi connectivity index (χ3v) is 2.55. The molecular weight excluding hydrogens is 244 g/mol. The van der Waals surface area contributed by atoms with Gasteiger partial charge in [-0.3, -0.25) is 0 Å². The standard InChI is InChI=1S/C15H30O4/c1-4-6-12-18-15(19-13-7-5-2)10-8-9-11-17-14-16-3/h9,11,15H,4-8,10,12-14H2,1-3H3. The summed E-state index contributed by atoms with van der Waals surface area (Å²) in [7, 11) is 1.60. The van der Waals surface area contributed by atoms with Gasteiger partial charge in [0, 0.05) is 26.7 Å². The topological polar surface area (TPSA) is 36.9 Å². The third kappa shape index (κ3) is 13.6. The molecule has 114 valence electrons. The first-order chi connectivity index (χ1) is 9.35. The van der Waals surface area contributed by atoms with Crippen molar-refractivity contribution in [2.24, 2.45) is 0 Å². The fourth-order valence-corrected chi connectivity index (χ4v) is 1.41. The second-order valence-corrected chi connectivity index (χ2v) is 4.40. The fraction of sp³-hybridized carbons (Fsp3) is 0.867. The van der Waals surface area contributed by atoms with Gasteiger partial charge in [-0.1, -0.05) is 26.7 Å². The molecule has 4 heteroatoms. The Kier molecular flexibility index (Phi) is 15.0. The molecule has 0 spiro atoms. The van der Waals surface area contributed by atoms with E-state index in [0.29, 0.717) is 6.79 Å². The molecule has 0 atom stereocenters. The average molecular weight is 274 g/mol. The van der Waals surface area contributed by atoms with Crippen molar-refractivity contribution in [3.63, 3.8) is 0 Å². The van der Waals surface area contributed by atoms with Crippen LogP contribution < -0.4 is 0 Å². The lowest BCUT2D eigenvalue weighted by Gasteiger charge is -2.17. The highest BCUT2D eigenvalue weighted by molar-refractivity contribution is 4.73. The Balaban J connectivity index is 3.72. The van der Waals surface area contributed by atoms with Gasteiger partial charge < -0.3 is 18.9 Å². The molecule has 0 heterocycles. The van der Waals surface area contributed by atoms with Crippen molar-refractivity contribution >= 4 is 0 Å². The van der Waals surface area contributed by atoms with Crippen molar-refractivity contribution in [3.05, 3.63) is 12.3 Å². The Labute approximate surface area is 118 Å². The molecule has 0 amide bonds. The van der Waals surface area contributed by atoms with E-state index < -0.39 is 0 Å². The van der Waals surface area contributed by atoms with Crippen LogP contribution >= 0.6 is 0 Å². The molecule has 0 radical (unpaired) electrons. The van der Waals surface area contributed by atoms with Gasteiger partial charge in [0.05, 0.1) is 6.26 Å². The van der Waals surface area contributed by atoms with Crippen molar-refractivity contribution in [1.82, 2.24) is 0 Å². The molecule has 19 heavy (non-hydrogen) atoms. The number of hydrogen-bond donors (Lipinski definition) is 0. The van der Waals surface area contributed by atoms with Crippen LogP contribution in [0, 0.1) is 0 Å². The van der Waals surface area contributed by atoms with Crippen LogP contribution in [-0.4, -0.2) is 33.4 Å². The van der Waals surface area contributed by atoms with Crippen LogP contribution in [0.3, 0.4) is 0 Å². The van der Waals surface area contributed by atoms with E-state index >= 15 is 0 Å². The monoisotopic (exact) mass is 274 g/mol. The van der Waals surface area contributed by atoms with Crippen LogP contribution in [0.15, 0.2) is 12.3 Å². The van der Waals surface area contributed by atoms with Gasteiger partial charge in [0.2, 0.25) is 0 Å². The lowest BCUT2D eigenvalue weighted by Crippen LogP contribution is -2.18. The molecule has 0 aromatic rings. The first kappa shape index (κ1) is 18.4. The van der Waals surface area contributed by atoms with E-state index in [1.165, 1.54) is 0 Å². The van der Waals surface area contributed by atoms with E-state index in [-0.39, 0.29) is 6.29 Å². The first-order valence-corrected chi connectivity index (χ1v) is 7.33. The molecule has 0 saturated heterocycles. The summed E-state index contributed by atoms with van der Waals surface area (Å²) in [5.41, 5.74) is 0. The maximum absolute atomic E-state index is 5.74. The van der Waals surface area contributed by atoms with Gasteiger partial charge in [-0.05, 0) is 25.3 Å². The molecule has 0 aliphatic carbocycles. The number of methoxy groups -OCH3 is 1. The van der Waals surface area contributed by atoms with E-state index in [1.807, 2.05) is 6.08 Å². The van der Waals surface area contributed by atoms with Crippen LogP contribution in [-0.2, 0) is 18.9 Å². The largest absolute Gasteiger partial charge is 0.476 e. The van der Waals surface area contributed by atoms with Crippen molar-refractivity contribution in [2.75, 3.05) is 27.1 Å². The third-order valence-electron chi connectivity index (χ3n) is 2.55. The summed E-state index contributed by atoms with van der Waals surface area (Å²) in [6.07, 6.45) is 9.74. The van der Waals surface area contributed by atoms with Gasteiger partial charge in [-0.2, -0.15) is 0 Å². The lowest BCUT2D eigenvalue weighted by molar-refractivity contribution is -0.146. The van der Waals surface area contributed by atoms with Crippen molar-refractivity contribution in [1.29, 1.82) is 0 Å². The van der Waals surface area contributed by atoms with E-state index in [2.05, 4.69) is 13.8 Å². The van der Waals surface area contributed by atoms with Crippen LogP contribution in [0.4, 0.5) is 0 Å². The summed E-state index contributed by atoms with van der Waals surface area (Å²) in [6.45, 7) is 6.16. The SMILES string of the molecule is CCCCOC(CCC=COCOC)OCCCC. The summed E-state index contributed by atoms with van der Waals surface area (Å²) in [5.74, 6) is 0. The second kappa shape index (κ2) is 15.5. The van der Waals surface area contributed by atoms with E-state index in [4.69, 9.17) is 18.9 Å². The summed E-state index contributed by atoms with van der Waals surface area (Å²) < 4.78 is 21.3. The Bertz CT molecular complexity index is 185. The van der Waals surface area contributed by atoms with Crippen LogP contribution in [0.5, 0.6) is 0 Å². The zero-order valence-corrected chi connectivity index (χ0v) is 12.7. The van der Waals surface area contributed by atoms with Gasteiger partial charge >= 0.3 is 0 Å². The molecule has 4 nitrogen and oxygen atoms in total. The highest BCUT2D eigenvalue weighted by Crippen LogP contribution is 2.08.